The molecule has 0 aromatic heterocycles. The van der Waals surface area contributed by atoms with E-state index in [0.29, 0.717) is 0 Å². The second-order valence-electron chi connectivity index (χ2n) is 2.88. The van der Waals surface area contributed by atoms with Gasteiger partial charge >= 0.3 is 0 Å². The monoisotopic (exact) mass is 217 g/mol. The van der Waals surface area contributed by atoms with Crippen LogP contribution in [0.4, 0.5) is 14.5 Å². The summed E-state index contributed by atoms with van der Waals surface area (Å²) >= 11 is 0. The van der Waals surface area contributed by atoms with Gasteiger partial charge in [0.25, 0.3) is 0 Å². The van der Waals surface area contributed by atoms with E-state index in [0.717, 1.165) is 0 Å². The Kier molecular flexibility index (Phi) is 4.45. The van der Waals surface area contributed by atoms with Gasteiger partial charge in [-0.3, -0.25) is 0 Å². The first-order valence-corrected chi connectivity index (χ1v) is 4.42. The van der Waals surface area contributed by atoms with Crippen LogP contribution in [0.3, 0.4) is 0 Å². The van der Waals surface area contributed by atoms with Gasteiger partial charge in [0, 0.05) is 14.2 Å². The fourth-order valence-electron chi connectivity index (χ4n) is 1.11. The van der Waals surface area contributed by atoms with Crippen LogP contribution in [0.25, 0.3) is 0 Å². The van der Waals surface area contributed by atoms with Gasteiger partial charge in [-0.15, -0.1) is 0 Å². The molecule has 0 aliphatic heterocycles. The molecule has 0 saturated carbocycles. The van der Waals surface area contributed by atoms with Crippen molar-refractivity contribution in [1.29, 1.82) is 0 Å². The van der Waals surface area contributed by atoms with Crippen molar-refractivity contribution >= 4 is 5.69 Å². The van der Waals surface area contributed by atoms with E-state index in [1.54, 1.807) is 0 Å². The molecule has 0 radical (unpaired) electrons. The Morgan fingerprint density at radius 1 is 1.20 bits per heavy atom. The van der Waals surface area contributed by atoms with Crippen molar-refractivity contribution in [2.75, 3.05) is 26.1 Å². The van der Waals surface area contributed by atoms with E-state index in [2.05, 4.69) is 5.32 Å². The van der Waals surface area contributed by atoms with Crippen molar-refractivity contribution in [2.45, 2.75) is 6.29 Å². The molecule has 0 unspecified atom stereocenters. The molecule has 15 heavy (non-hydrogen) atoms. The first kappa shape index (κ1) is 11.9. The van der Waals surface area contributed by atoms with Crippen LogP contribution in [0.2, 0.25) is 0 Å². The van der Waals surface area contributed by atoms with Crippen molar-refractivity contribution in [3.63, 3.8) is 0 Å². The number of para-hydroxylation sites is 1. The lowest BCUT2D eigenvalue weighted by Gasteiger charge is -2.15. The quantitative estimate of drug-likeness (QED) is 0.765. The number of methoxy groups -OCH3 is 2. The summed E-state index contributed by atoms with van der Waals surface area (Å²) in [7, 11) is 2.90. The molecule has 0 aliphatic carbocycles. The van der Waals surface area contributed by atoms with E-state index >= 15 is 0 Å². The van der Waals surface area contributed by atoms with Crippen molar-refractivity contribution < 1.29 is 18.3 Å². The first-order valence-electron chi connectivity index (χ1n) is 4.42. The largest absolute Gasteiger partial charge is 0.375 e. The molecule has 0 saturated heterocycles. The van der Waals surface area contributed by atoms with Crippen molar-refractivity contribution in [3.05, 3.63) is 29.8 Å². The smallest absolute Gasteiger partial charge is 0.173 e. The molecule has 3 nitrogen and oxygen atoms in total. The third kappa shape index (κ3) is 3.14. The number of hydrogen-bond donors (Lipinski definition) is 1. The normalized spacial score (nSPS) is 10.7. The summed E-state index contributed by atoms with van der Waals surface area (Å²) in [4.78, 5) is 0. The second kappa shape index (κ2) is 5.63. The van der Waals surface area contributed by atoms with Gasteiger partial charge in [-0.2, -0.15) is 0 Å². The van der Waals surface area contributed by atoms with Gasteiger partial charge in [-0.05, 0) is 12.1 Å². The molecule has 5 heteroatoms. The average molecular weight is 217 g/mol. The average Bonchev–Trinajstić information content (AvgIpc) is 2.23. The third-order valence-corrected chi connectivity index (χ3v) is 1.93. The van der Waals surface area contributed by atoms with E-state index in [-0.39, 0.29) is 12.2 Å². The highest BCUT2D eigenvalue weighted by Gasteiger charge is 2.10. The summed E-state index contributed by atoms with van der Waals surface area (Å²) in [5.74, 6) is -1.28. The molecule has 0 fully saturated rings. The molecular formula is C10H13F2NO2. The van der Waals surface area contributed by atoms with Gasteiger partial charge in [0.2, 0.25) is 0 Å². The van der Waals surface area contributed by atoms with Gasteiger partial charge in [-0.25, -0.2) is 8.78 Å². The van der Waals surface area contributed by atoms with Crippen molar-refractivity contribution in [1.82, 2.24) is 0 Å². The predicted octanol–water partition coefficient (Wildman–Crippen LogP) is 2.00. The molecule has 84 valence electrons. The van der Waals surface area contributed by atoms with Gasteiger partial charge in [0.15, 0.2) is 6.29 Å². The van der Waals surface area contributed by atoms with Crippen LogP contribution >= 0.6 is 0 Å². The van der Waals surface area contributed by atoms with Crippen LogP contribution in [-0.4, -0.2) is 27.1 Å². The molecule has 0 aliphatic rings. The fourth-order valence-corrected chi connectivity index (χ4v) is 1.11. The van der Waals surface area contributed by atoms with Crippen LogP contribution < -0.4 is 5.32 Å². The standard InChI is InChI=1S/C10H13F2NO2/c1-14-9(15-2)6-13-10-7(11)4-3-5-8(10)12/h3-5,9,13H,6H2,1-2H3. The Balaban J connectivity index is 2.64. The highest BCUT2D eigenvalue weighted by atomic mass is 19.1. The maximum absolute atomic E-state index is 13.1. The molecular weight excluding hydrogens is 204 g/mol. The summed E-state index contributed by atoms with van der Waals surface area (Å²) in [6, 6.07) is 3.67. The van der Waals surface area contributed by atoms with Gasteiger partial charge in [-0.1, -0.05) is 6.07 Å². The molecule has 1 N–H and O–H groups in total. The summed E-state index contributed by atoms with van der Waals surface area (Å²) in [5, 5.41) is 2.58. The van der Waals surface area contributed by atoms with E-state index in [1.165, 1.54) is 32.4 Å². The zero-order valence-corrected chi connectivity index (χ0v) is 8.59. The minimum absolute atomic E-state index is 0.170. The van der Waals surface area contributed by atoms with Crippen LogP contribution in [0.5, 0.6) is 0 Å². The summed E-state index contributed by atoms with van der Waals surface area (Å²) in [5.41, 5.74) is -0.170. The van der Waals surface area contributed by atoms with E-state index in [1.807, 2.05) is 0 Å². The molecule has 1 rings (SSSR count). The zero-order chi connectivity index (χ0) is 11.3. The summed E-state index contributed by atoms with van der Waals surface area (Å²) in [6.07, 6.45) is -0.538. The molecule has 0 amide bonds. The number of hydrogen-bond acceptors (Lipinski definition) is 3. The van der Waals surface area contributed by atoms with E-state index in [4.69, 9.17) is 9.47 Å². The van der Waals surface area contributed by atoms with Crippen molar-refractivity contribution in [3.8, 4) is 0 Å². The van der Waals surface area contributed by atoms with E-state index < -0.39 is 17.9 Å². The number of rotatable bonds is 5. The molecule has 0 heterocycles. The highest BCUT2D eigenvalue weighted by Crippen LogP contribution is 2.17. The number of benzene rings is 1. The lowest BCUT2D eigenvalue weighted by atomic mass is 10.3. The summed E-state index contributed by atoms with van der Waals surface area (Å²) < 4.78 is 36.0. The van der Waals surface area contributed by atoms with Crippen LogP contribution in [0.15, 0.2) is 18.2 Å². The topological polar surface area (TPSA) is 30.5 Å². The first-order chi connectivity index (χ1) is 7.19. The minimum atomic E-state index is -0.638. The Labute approximate surface area is 87.0 Å². The van der Waals surface area contributed by atoms with Gasteiger partial charge in [0.1, 0.15) is 17.3 Å². The minimum Gasteiger partial charge on any atom is -0.375 e. The fraction of sp³-hybridized carbons (Fsp3) is 0.400. The van der Waals surface area contributed by atoms with Crippen LogP contribution in [-0.2, 0) is 9.47 Å². The Morgan fingerprint density at radius 3 is 2.20 bits per heavy atom. The molecule has 1 aromatic rings. The lowest BCUT2D eigenvalue weighted by Crippen LogP contribution is -2.24. The molecule has 0 bridgehead atoms. The number of halogens is 2. The lowest BCUT2D eigenvalue weighted by molar-refractivity contribution is -0.0914. The number of ether oxygens (including phenoxy) is 2. The Hall–Kier alpha value is -1.20. The van der Waals surface area contributed by atoms with Gasteiger partial charge in [0.05, 0.1) is 6.54 Å². The third-order valence-electron chi connectivity index (χ3n) is 1.93. The van der Waals surface area contributed by atoms with Crippen LogP contribution in [0, 0.1) is 11.6 Å². The van der Waals surface area contributed by atoms with Gasteiger partial charge < -0.3 is 14.8 Å². The van der Waals surface area contributed by atoms with Crippen molar-refractivity contribution in [2.24, 2.45) is 0 Å². The molecule has 0 spiro atoms. The second-order valence-corrected chi connectivity index (χ2v) is 2.88. The Morgan fingerprint density at radius 2 is 1.73 bits per heavy atom. The van der Waals surface area contributed by atoms with E-state index in [9.17, 15) is 8.78 Å². The maximum atomic E-state index is 13.1. The zero-order valence-electron chi connectivity index (χ0n) is 8.59. The summed E-state index contributed by atoms with van der Waals surface area (Å²) in [6.45, 7) is 0.171. The SMILES string of the molecule is COC(CNc1c(F)cccc1F)OC. The highest BCUT2D eigenvalue weighted by molar-refractivity contribution is 5.45. The number of nitrogens with one attached hydrogen (secondary N) is 1. The molecule has 0 atom stereocenters. The molecule has 1 aromatic carbocycles. The predicted molar refractivity (Wildman–Crippen MR) is 52.7 cm³/mol. The Bertz CT molecular complexity index is 296. The van der Waals surface area contributed by atoms with Crippen LogP contribution in [0.1, 0.15) is 0 Å². The number of anilines is 1. The maximum Gasteiger partial charge on any atom is 0.173 e.